The summed E-state index contributed by atoms with van der Waals surface area (Å²) >= 11 is 0.356. The Morgan fingerprint density at radius 1 is 1.14 bits per heavy atom. The molecule has 3 heterocycles. The molecule has 0 saturated heterocycles. The van der Waals surface area contributed by atoms with Crippen molar-refractivity contribution < 1.29 is 22.5 Å². The molecule has 0 fully saturated rings. The van der Waals surface area contributed by atoms with Gasteiger partial charge < -0.3 is 10.6 Å². The second-order valence-corrected chi connectivity index (χ2v) is 9.92. The van der Waals surface area contributed by atoms with Gasteiger partial charge in [0, 0.05) is 12.7 Å². The summed E-state index contributed by atoms with van der Waals surface area (Å²) in [5, 5.41) is 16.3. The molecular weight excluding hydrogens is 503 g/mol. The van der Waals surface area contributed by atoms with E-state index in [4.69, 9.17) is 0 Å². The second kappa shape index (κ2) is 9.11. The summed E-state index contributed by atoms with van der Waals surface area (Å²) in [4.78, 5) is 40.1. The zero-order chi connectivity index (χ0) is 25.3. The number of benzene rings is 1. The van der Waals surface area contributed by atoms with Gasteiger partial charge in [0.2, 0.25) is 0 Å². The third-order valence-corrected chi connectivity index (χ3v) is 7.47. The molecule has 0 aliphatic heterocycles. The van der Waals surface area contributed by atoms with Crippen LogP contribution < -0.4 is 20.9 Å². The van der Waals surface area contributed by atoms with Gasteiger partial charge in [-0.3, -0.25) is 19.5 Å². The Balaban J connectivity index is 1.60. The Bertz CT molecular complexity index is 1630. The molecule has 3 aromatic heterocycles. The Kier molecular flexibility index (Phi) is 6.19. The van der Waals surface area contributed by atoms with Crippen molar-refractivity contribution in [1.82, 2.24) is 14.3 Å². The van der Waals surface area contributed by atoms with Crippen LogP contribution >= 0.6 is 11.3 Å². The first-order valence-corrected chi connectivity index (χ1v) is 12.0. The number of rotatable bonds is 6. The first kappa shape index (κ1) is 23.8. The number of nitrogens with zero attached hydrogens (tertiary/aromatic N) is 3. The summed E-state index contributed by atoms with van der Waals surface area (Å²) in [5.74, 6) is 0.0327. The molecule has 12 nitrogen and oxygen atoms in total. The molecule has 15 heteroatoms. The summed E-state index contributed by atoms with van der Waals surface area (Å²) in [6.45, 7) is 0. The van der Waals surface area contributed by atoms with E-state index in [9.17, 15) is 32.5 Å². The van der Waals surface area contributed by atoms with Gasteiger partial charge in [-0.1, -0.05) is 11.3 Å². The number of halogens is 1. The van der Waals surface area contributed by atoms with Crippen LogP contribution in [0, 0.1) is 15.2 Å². The maximum Gasteiger partial charge on any atom is 0.333 e. The van der Waals surface area contributed by atoms with E-state index in [1.165, 1.54) is 24.3 Å². The number of sulfonamides is 1. The molecule has 1 aromatic carbocycles. The molecule has 0 spiro atoms. The molecule has 0 saturated carbocycles. The van der Waals surface area contributed by atoms with Gasteiger partial charge >= 0.3 is 6.03 Å². The molecule has 0 unspecified atom stereocenters. The molecule has 0 aliphatic carbocycles. The first-order valence-electron chi connectivity index (χ1n) is 9.66. The number of nitro groups is 1. The number of thiophene rings is 1. The molecule has 4 rings (SSSR count). The van der Waals surface area contributed by atoms with Crippen molar-refractivity contribution in [2.45, 2.75) is 4.21 Å². The smallest absolute Gasteiger partial charge is 0.333 e. The van der Waals surface area contributed by atoms with Crippen molar-refractivity contribution in [3.8, 4) is 5.82 Å². The van der Waals surface area contributed by atoms with Crippen molar-refractivity contribution in [1.29, 1.82) is 0 Å². The van der Waals surface area contributed by atoms with Crippen LogP contribution in [0.4, 0.5) is 26.2 Å². The lowest BCUT2D eigenvalue weighted by molar-refractivity contribution is -0.383. The maximum atomic E-state index is 13.1. The topological polar surface area (TPSA) is 165 Å². The molecule has 180 valence electrons. The molecule has 0 bridgehead atoms. The third-order valence-electron chi connectivity index (χ3n) is 4.77. The van der Waals surface area contributed by atoms with E-state index in [0.717, 1.165) is 29.1 Å². The van der Waals surface area contributed by atoms with Crippen LogP contribution in [0.15, 0.2) is 63.9 Å². The predicted octanol–water partition coefficient (Wildman–Crippen LogP) is 3.05. The molecule has 0 atom stereocenters. The highest BCUT2D eigenvalue weighted by molar-refractivity contribution is 7.92. The molecule has 0 aliphatic rings. The van der Waals surface area contributed by atoms with Crippen LogP contribution in [0.5, 0.6) is 0 Å². The van der Waals surface area contributed by atoms with E-state index in [-0.39, 0.29) is 32.2 Å². The minimum Gasteiger partial charge on any atom is -0.388 e. The van der Waals surface area contributed by atoms with Crippen LogP contribution in [-0.2, 0) is 10.0 Å². The second-order valence-electron chi connectivity index (χ2n) is 6.98. The third kappa shape index (κ3) is 4.80. The van der Waals surface area contributed by atoms with Crippen molar-refractivity contribution in [2.24, 2.45) is 0 Å². The van der Waals surface area contributed by atoms with Crippen LogP contribution in [0.3, 0.4) is 0 Å². The van der Waals surface area contributed by atoms with Crippen molar-refractivity contribution >= 4 is 55.2 Å². The van der Waals surface area contributed by atoms with Crippen LogP contribution in [0.25, 0.3) is 16.6 Å². The van der Waals surface area contributed by atoms with E-state index in [2.05, 4.69) is 15.6 Å². The fraction of sp³-hybridized carbons (Fsp3) is 0.0500. The molecule has 0 radical (unpaired) electrons. The number of hydrogen-bond donors (Lipinski definition) is 3. The Hall–Kier alpha value is -4.37. The summed E-state index contributed by atoms with van der Waals surface area (Å²) < 4.78 is 39.7. The minimum atomic E-state index is -4.27. The van der Waals surface area contributed by atoms with Gasteiger partial charge in [0.25, 0.3) is 21.3 Å². The number of hydrogen-bond acceptors (Lipinski definition) is 9. The Morgan fingerprint density at radius 3 is 2.49 bits per heavy atom. The fourth-order valence-electron chi connectivity index (χ4n) is 3.17. The fourth-order valence-corrected chi connectivity index (χ4v) is 5.08. The number of amides is 2. The van der Waals surface area contributed by atoms with Crippen LogP contribution in [-0.4, -0.2) is 36.0 Å². The lowest BCUT2D eigenvalue weighted by atomic mass is 10.1. The van der Waals surface area contributed by atoms with Crippen molar-refractivity contribution in [3.05, 3.63) is 80.5 Å². The average molecular weight is 519 g/mol. The van der Waals surface area contributed by atoms with Gasteiger partial charge in [0.15, 0.2) is 5.13 Å². The number of nitrogens with one attached hydrogen (secondary N) is 3. The van der Waals surface area contributed by atoms with E-state index in [1.54, 1.807) is 17.8 Å². The highest BCUT2D eigenvalue weighted by atomic mass is 32.2. The zero-order valence-corrected chi connectivity index (χ0v) is 19.3. The monoisotopic (exact) mass is 518 g/mol. The molecule has 2 amide bonds. The van der Waals surface area contributed by atoms with Crippen molar-refractivity contribution in [3.63, 3.8) is 0 Å². The summed E-state index contributed by atoms with van der Waals surface area (Å²) in [5.41, 5.74) is -0.194. The highest BCUT2D eigenvalue weighted by Crippen LogP contribution is 2.27. The standard InChI is InChI=1S/C20H15FN6O6S2/c1-22-11-2-4-13-14(8-11)15(27(30)31)10-26(19(13)28)17-6-3-12(9-23-17)24-20(29)25-35(32,33)18-7-5-16(21)34-18/h2-10,22H,1H3,(H2,24,25,29). The predicted molar refractivity (Wildman–Crippen MR) is 127 cm³/mol. The highest BCUT2D eigenvalue weighted by Gasteiger charge is 2.21. The van der Waals surface area contributed by atoms with Gasteiger partial charge in [-0.05, 0) is 42.5 Å². The molecular formula is C20H15FN6O6S2. The van der Waals surface area contributed by atoms with E-state index < -0.39 is 31.7 Å². The quantitative estimate of drug-likeness (QED) is 0.259. The van der Waals surface area contributed by atoms with Gasteiger partial charge in [-0.15, -0.1) is 0 Å². The van der Waals surface area contributed by atoms with Gasteiger partial charge in [-0.2, -0.15) is 4.39 Å². The summed E-state index contributed by atoms with van der Waals surface area (Å²) in [7, 11) is -2.63. The molecule has 35 heavy (non-hydrogen) atoms. The van der Waals surface area contributed by atoms with Gasteiger partial charge in [0.1, 0.15) is 10.0 Å². The van der Waals surface area contributed by atoms with Gasteiger partial charge in [-0.25, -0.2) is 22.9 Å². The largest absolute Gasteiger partial charge is 0.388 e. The Morgan fingerprint density at radius 2 is 1.89 bits per heavy atom. The van der Waals surface area contributed by atoms with E-state index in [0.29, 0.717) is 17.0 Å². The van der Waals surface area contributed by atoms with E-state index in [1.807, 2.05) is 0 Å². The lowest BCUT2D eigenvalue weighted by Gasteiger charge is -2.10. The number of pyridine rings is 2. The minimum absolute atomic E-state index is 0.0327. The number of aromatic nitrogens is 2. The SMILES string of the molecule is CNc1ccc2c(=O)n(-c3ccc(NC(=O)NS(=O)(=O)c4ccc(F)s4)cn3)cc([N+](=O)[O-])c2c1. The average Bonchev–Trinajstić information content (AvgIpc) is 3.26. The Labute approximate surface area is 200 Å². The van der Waals surface area contributed by atoms with Crippen LogP contribution in [0.2, 0.25) is 0 Å². The normalized spacial score (nSPS) is 11.3. The number of anilines is 2. The van der Waals surface area contributed by atoms with Gasteiger partial charge in [0.05, 0.1) is 33.8 Å². The molecule has 3 N–H and O–H groups in total. The van der Waals surface area contributed by atoms with E-state index >= 15 is 0 Å². The first-order chi connectivity index (χ1) is 16.6. The molecule has 4 aromatic rings. The maximum absolute atomic E-state index is 13.1. The van der Waals surface area contributed by atoms with Crippen LogP contribution in [0.1, 0.15) is 0 Å². The summed E-state index contributed by atoms with van der Waals surface area (Å²) in [6.07, 6.45) is 2.19. The zero-order valence-electron chi connectivity index (χ0n) is 17.7. The van der Waals surface area contributed by atoms with Crippen molar-refractivity contribution in [2.75, 3.05) is 17.7 Å². The number of urea groups is 1. The number of carbonyl (C=O) groups excluding carboxylic acids is 1. The number of carbonyl (C=O) groups is 1. The number of fused-ring (bicyclic) bond motifs is 1. The summed E-state index contributed by atoms with van der Waals surface area (Å²) in [6, 6.07) is 8.07. The lowest BCUT2D eigenvalue weighted by Crippen LogP contribution is -2.34.